The number of carbonyl (C=O) groups is 1. The normalized spacial score (nSPS) is 14.7. The number of aliphatic carboxylic acids is 1. The average molecular weight is 433 g/mol. The van der Waals surface area contributed by atoms with E-state index in [2.05, 4.69) is 38.8 Å². The lowest BCUT2D eigenvalue weighted by Gasteiger charge is -2.25. The van der Waals surface area contributed by atoms with E-state index in [4.69, 9.17) is 9.84 Å². The molecular formula is C25H28N4O3. The van der Waals surface area contributed by atoms with Crippen LogP contribution in [0.1, 0.15) is 17.5 Å². The number of ether oxygens (including phenoxy) is 1. The molecule has 0 radical (unpaired) electrons. The smallest absolute Gasteiger partial charge is 0.341 e. The predicted molar refractivity (Wildman–Crippen MR) is 124 cm³/mol. The fourth-order valence-corrected chi connectivity index (χ4v) is 4.11. The molecule has 0 amide bonds. The van der Waals surface area contributed by atoms with Crippen LogP contribution in [-0.4, -0.2) is 58.7 Å². The summed E-state index contributed by atoms with van der Waals surface area (Å²) in [6.45, 7) is 6.23. The molecule has 0 unspecified atom stereocenters. The summed E-state index contributed by atoms with van der Waals surface area (Å²) in [7, 11) is 0. The molecule has 0 bridgehead atoms. The van der Waals surface area contributed by atoms with E-state index in [0.717, 1.165) is 49.4 Å². The molecule has 0 atom stereocenters. The number of hydrogen-bond acceptors (Lipinski definition) is 6. The summed E-state index contributed by atoms with van der Waals surface area (Å²) >= 11 is 0. The van der Waals surface area contributed by atoms with Crippen molar-refractivity contribution < 1.29 is 14.6 Å². The van der Waals surface area contributed by atoms with E-state index in [1.54, 1.807) is 6.20 Å². The number of hydrogen-bond donors (Lipinski definition) is 1. The van der Waals surface area contributed by atoms with Crippen LogP contribution >= 0.6 is 0 Å². The lowest BCUT2D eigenvalue weighted by Crippen LogP contribution is -2.31. The van der Waals surface area contributed by atoms with Crippen LogP contribution in [0.4, 0.5) is 5.69 Å². The highest BCUT2D eigenvalue weighted by atomic mass is 16.5. The Kier molecular flexibility index (Phi) is 6.97. The van der Waals surface area contributed by atoms with Gasteiger partial charge in [0.25, 0.3) is 0 Å². The lowest BCUT2D eigenvalue weighted by atomic mass is 10.1. The molecular weight excluding hydrogens is 404 g/mol. The summed E-state index contributed by atoms with van der Waals surface area (Å²) < 4.78 is 5.60. The Labute approximate surface area is 188 Å². The molecule has 4 rings (SSSR count). The molecule has 166 valence electrons. The fraction of sp³-hybridized carbons (Fsp3) is 0.320. The van der Waals surface area contributed by atoms with E-state index in [0.29, 0.717) is 12.3 Å². The minimum atomic E-state index is -0.983. The van der Waals surface area contributed by atoms with Gasteiger partial charge in [-0.15, -0.1) is 0 Å². The Bertz CT molecular complexity index is 1060. The first kappa shape index (κ1) is 21.8. The number of anilines is 1. The van der Waals surface area contributed by atoms with Gasteiger partial charge in [0.15, 0.2) is 6.61 Å². The molecule has 3 aromatic rings. The van der Waals surface area contributed by atoms with E-state index >= 15 is 0 Å². The number of aromatic nitrogens is 2. The van der Waals surface area contributed by atoms with Crippen LogP contribution in [0.25, 0.3) is 11.3 Å². The monoisotopic (exact) mass is 432 g/mol. The molecule has 1 N–H and O–H groups in total. The van der Waals surface area contributed by atoms with Gasteiger partial charge in [-0.25, -0.2) is 4.79 Å². The summed E-state index contributed by atoms with van der Waals surface area (Å²) in [6.07, 6.45) is 6.58. The second kappa shape index (κ2) is 10.2. The summed E-state index contributed by atoms with van der Waals surface area (Å²) in [5.41, 5.74) is 5.28. The van der Waals surface area contributed by atoms with Crippen LogP contribution in [0.3, 0.4) is 0 Å². The van der Waals surface area contributed by atoms with E-state index in [1.165, 1.54) is 11.3 Å². The van der Waals surface area contributed by atoms with Gasteiger partial charge < -0.3 is 14.7 Å². The molecule has 7 heteroatoms. The third-order valence-electron chi connectivity index (χ3n) is 5.69. The van der Waals surface area contributed by atoms with Crippen LogP contribution < -0.4 is 9.64 Å². The summed E-state index contributed by atoms with van der Waals surface area (Å²) in [4.78, 5) is 24.5. The van der Waals surface area contributed by atoms with E-state index in [1.807, 2.05) is 42.7 Å². The molecule has 7 nitrogen and oxygen atoms in total. The topological polar surface area (TPSA) is 78.8 Å². The Morgan fingerprint density at radius 3 is 2.78 bits per heavy atom. The third kappa shape index (κ3) is 5.42. The number of benzene rings is 1. The quantitative estimate of drug-likeness (QED) is 0.611. The van der Waals surface area contributed by atoms with Crippen LogP contribution in [0, 0.1) is 6.92 Å². The Morgan fingerprint density at radius 1 is 1.09 bits per heavy atom. The van der Waals surface area contributed by atoms with E-state index in [-0.39, 0.29) is 6.61 Å². The maximum Gasteiger partial charge on any atom is 0.341 e. The highest BCUT2D eigenvalue weighted by molar-refractivity contribution is 5.69. The zero-order chi connectivity index (χ0) is 22.3. The van der Waals surface area contributed by atoms with Gasteiger partial charge in [-0.1, -0.05) is 6.07 Å². The van der Waals surface area contributed by atoms with Gasteiger partial charge in [0.1, 0.15) is 5.75 Å². The van der Waals surface area contributed by atoms with Crippen molar-refractivity contribution in [3.05, 3.63) is 72.2 Å². The number of pyridine rings is 2. The first-order chi connectivity index (χ1) is 15.6. The fourth-order valence-electron chi connectivity index (χ4n) is 4.11. The highest BCUT2D eigenvalue weighted by Crippen LogP contribution is 2.28. The average Bonchev–Trinajstić information content (AvgIpc) is 3.04. The minimum absolute atomic E-state index is 0.356. The number of nitrogens with zero attached hydrogens (tertiary/aromatic N) is 4. The molecule has 2 aromatic heterocycles. The SMILES string of the molecule is Cc1cnccc1N1CCCN(Cc2cc(-c3ccccn3)ccc2OCC(=O)O)CC1. The maximum atomic E-state index is 11.1. The summed E-state index contributed by atoms with van der Waals surface area (Å²) in [5.74, 6) is -0.374. The van der Waals surface area contributed by atoms with Crippen molar-refractivity contribution in [2.75, 3.05) is 37.7 Å². The number of carboxylic acids is 1. The van der Waals surface area contributed by atoms with Crippen LogP contribution in [-0.2, 0) is 11.3 Å². The highest BCUT2D eigenvalue weighted by Gasteiger charge is 2.19. The van der Waals surface area contributed by atoms with Crippen LogP contribution in [0.5, 0.6) is 5.75 Å². The van der Waals surface area contributed by atoms with Gasteiger partial charge in [-0.3, -0.25) is 14.9 Å². The second-order valence-corrected chi connectivity index (χ2v) is 8.00. The second-order valence-electron chi connectivity index (χ2n) is 8.00. The van der Waals surface area contributed by atoms with Gasteiger partial charge in [-0.05, 0) is 55.3 Å². The van der Waals surface area contributed by atoms with E-state index < -0.39 is 5.97 Å². The molecule has 0 aliphatic carbocycles. The van der Waals surface area contributed by atoms with Gasteiger partial charge in [-0.2, -0.15) is 0 Å². The number of carboxylic acid groups (broad SMARTS) is 1. The van der Waals surface area contributed by atoms with Crippen LogP contribution in [0.15, 0.2) is 61.1 Å². The lowest BCUT2D eigenvalue weighted by molar-refractivity contribution is -0.139. The van der Waals surface area contributed by atoms with Crippen molar-refractivity contribution in [2.24, 2.45) is 0 Å². The molecule has 1 saturated heterocycles. The maximum absolute atomic E-state index is 11.1. The Hall–Kier alpha value is -3.45. The zero-order valence-corrected chi connectivity index (χ0v) is 18.3. The van der Waals surface area contributed by atoms with E-state index in [9.17, 15) is 4.79 Å². The first-order valence-corrected chi connectivity index (χ1v) is 10.9. The molecule has 0 spiro atoms. The van der Waals surface area contributed by atoms with Crippen molar-refractivity contribution in [3.8, 4) is 17.0 Å². The van der Waals surface area contributed by atoms with Crippen molar-refractivity contribution in [1.29, 1.82) is 0 Å². The first-order valence-electron chi connectivity index (χ1n) is 10.9. The standard InChI is InChI=1S/C25H28N4O3/c1-19-16-26-10-8-23(19)29-12-4-11-28(13-14-29)17-21-15-20(22-5-2-3-9-27-22)6-7-24(21)32-18-25(30)31/h2-3,5-10,15-16H,4,11-14,17-18H2,1H3,(H,30,31). The molecule has 1 aliphatic rings. The zero-order valence-electron chi connectivity index (χ0n) is 18.3. The molecule has 32 heavy (non-hydrogen) atoms. The van der Waals surface area contributed by atoms with Gasteiger partial charge in [0.2, 0.25) is 0 Å². The van der Waals surface area contributed by atoms with Gasteiger partial charge in [0.05, 0.1) is 5.69 Å². The van der Waals surface area contributed by atoms with Crippen molar-refractivity contribution >= 4 is 11.7 Å². The van der Waals surface area contributed by atoms with Crippen molar-refractivity contribution in [3.63, 3.8) is 0 Å². The number of rotatable bonds is 7. The van der Waals surface area contributed by atoms with Crippen LogP contribution in [0.2, 0.25) is 0 Å². The Morgan fingerprint density at radius 2 is 2.00 bits per heavy atom. The molecule has 1 aromatic carbocycles. The molecule has 1 fully saturated rings. The number of aryl methyl sites for hydroxylation is 1. The molecule has 3 heterocycles. The van der Waals surface area contributed by atoms with Gasteiger partial charge in [0, 0.05) is 68.1 Å². The largest absolute Gasteiger partial charge is 0.482 e. The summed E-state index contributed by atoms with van der Waals surface area (Å²) in [6, 6.07) is 13.8. The molecule has 1 aliphatic heterocycles. The Balaban J connectivity index is 1.52. The minimum Gasteiger partial charge on any atom is -0.482 e. The predicted octanol–water partition coefficient (Wildman–Crippen LogP) is 3.63. The third-order valence-corrected chi connectivity index (χ3v) is 5.69. The van der Waals surface area contributed by atoms with Crippen molar-refractivity contribution in [1.82, 2.24) is 14.9 Å². The van der Waals surface area contributed by atoms with Crippen molar-refractivity contribution in [2.45, 2.75) is 19.9 Å². The molecule has 0 saturated carbocycles. The van der Waals surface area contributed by atoms with Gasteiger partial charge >= 0.3 is 5.97 Å². The summed E-state index contributed by atoms with van der Waals surface area (Å²) in [5, 5.41) is 9.06.